The van der Waals surface area contributed by atoms with Crippen LogP contribution in [0.2, 0.25) is 0 Å². The van der Waals surface area contributed by atoms with Gasteiger partial charge in [-0.15, -0.1) is 0 Å². The van der Waals surface area contributed by atoms with E-state index in [1.54, 1.807) is 0 Å². The number of hydrogen-bond donors (Lipinski definition) is 0. The monoisotopic (exact) mass is 242 g/mol. The van der Waals surface area contributed by atoms with Crippen molar-refractivity contribution in [3.63, 3.8) is 0 Å². The predicted octanol–water partition coefficient (Wildman–Crippen LogP) is 3.37. The van der Waals surface area contributed by atoms with Gasteiger partial charge in [-0.05, 0) is 50.8 Å². The molecule has 0 fully saturated rings. The maximum absolute atomic E-state index is 9.00. The molecule has 0 unspecified atom stereocenters. The fourth-order valence-corrected chi connectivity index (χ4v) is 2.55. The van der Waals surface area contributed by atoms with Crippen LogP contribution in [0.3, 0.4) is 0 Å². The van der Waals surface area contributed by atoms with E-state index in [0.717, 1.165) is 38.9 Å². The van der Waals surface area contributed by atoms with Crippen molar-refractivity contribution < 1.29 is 0 Å². The molecule has 96 valence electrons. The molecule has 0 bridgehead atoms. The van der Waals surface area contributed by atoms with E-state index >= 15 is 0 Å². The molecule has 1 heterocycles. The van der Waals surface area contributed by atoms with Gasteiger partial charge in [-0.1, -0.05) is 24.3 Å². The van der Waals surface area contributed by atoms with Crippen molar-refractivity contribution in [3.8, 4) is 6.07 Å². The third-order valence-electron chi connectivity index (χ3n) is 3.79. The highest BCUT2D eigenvalue weighted by atomic mass is 15.1. The molecule has 1 aromatic rings. The van der Waals surface area contributed by atoms with Gasteiger partial charge in [-0.2, -0.15) is 5.26 Å². The lowest BCUT2D eigenvalue weighted by atomic mass is 9.89. The van der Waals surface area contributed by atoms with E-state index in [1.807, 2.05) is 13.8 Å². The zero-order chi connectivity index (χ0) is 13.0. The first kappa shape index (κ1) is 13.1. The molecule has 0 saturated carbocycles. The average molecular weight is 242 g/mol. The molecule has 0 aromatic heterocycles. The molecular formula is C16H22N2. The molecule has 2 heteroatoms. The highest BCUT2D eigenvalue weighted by molar-refractivity contribution is 5.28. The minimum atomic E-state index is -0.173. The third kappa shape index (κ3) is 3.34. The van der Waals surface area contributed by atoms with Gasteiger partial charge in [0.05, 0.1) is 11.5 Å². The van der Waals surface area contributed by atoms with Crippen molar-refractivity contribution in [2.75, 3.05) is 13.1 Å². The largest absolute Gasteiger partial charge is 0.299 e. The summed E-state index contributed by atoms with van der Waals surface area (Å²) in [4.78, 5) is 2.51. The van der Waals surface area contributed by atoms with Crippen molar-refractivity contribution in [2.45, 2.75) is 39.7 Å². The summed E-state index contributed by atoms with van der Waals surface area (Å²) < 4.78 is 0. The Morgan fingerprint density at radius 3 is 2.72 bits per heavy atom. The number of nitrogens with zero attached hydrogens (tertiary/aromatic N) is 2. The highest BCUT2D eigenvalue weighted by Gasteiger charge is 2.18. The summed E-state index contributed by atoms with van der Waals surface area (Å²) in [7, 11) is 0. The summed E-state index contributed by atoms with van der Waals surface area (Å²) in [5.41, 5.74) is 2.81. The molecule has 1 aromatic carbocycles. The molecule has 0 spiro atoms. The van der Waals surface area contributed by atoms with Crippen molar-refractivity contribution in [2.24, 2.45) is 5.41 Å². The van der Waals surface area contributed by atoms with Gasteiger partial charge >= 0.3 is 0 Å². The Hall–Kier alpha value is -1.33. The van der Waals surface area contributed by atoms with Crippen LogP contribution in [0.4, 0.5) is 0 Å². The van der Waals surface area contributed by atoms with E-state index in [9.17, 15) is 0 Å². The highest BCUT2D eigenvalue weighted by Crippen LogP contribution is 2.23. The molecule has 0 radical (unpaired) electrons. The molecule has 0 aliphatic carbocycles. The van der Waals surface area contributed by atoms with E-state index in [-0.39, 0.29) is 5.41 Å². The predicted molar refractivity (Wildman–Crippen MR) is 74.1 cm³/mol. The van der Waals surface area contributed by atoms with Crippen LogP contribution in [0.1, 0.15) is 37.8 Å². The van der Waals surface area contributed by atoms with Gasteiger partial charge in [0.1, 0.15) is 0 Å². The maximum atomic E-state index is 9.00. The molecule has 0 atom stereocenters. The molecule has 18 heavy (non-hydrogen) atoms. The molecule has 2 rings (SSSR count). The van der Waals surface area contributed by atoms with Gasteiger partial charge in [0.25, 0.3) is 0 Å². The minimum absolute atomic E-state index is 0.173. The first-order chi connectivity index (χ1) is 8.61. The second-order valence-electron chi connectivity index (χ2n) is 5.89. The quantitative estimate of drug-likeness (QED) is 0.809. The zero-order valence-electron chi connectivity index (χ0n) is 11.4. The van der Waals surface area contributed by atoms with Crippen LogP contribution in [0.25, 0.3) is 0 Å². The Labute approximate surface area is 110 Å². The van der Waals surface area contributed by atoms with E-state index in [4.69, 9.17) is 5.26 Å². The van der Waals surface area contributed by atoms with E-state index in [0.29, 0.717) is 0 Å². The Bertz CT molecular complexity index is 443. The SMILES string of the molecule is CC(C)(C#N)CCCN1CCc2ccccc2C1. The summed E-state index contributed by atoms with van der Waals surface area (Å²) in [5.74, 6) is 0. The Morgan fingerprint density at radius 1 is 1.28 bits per heavy atom. The van der Waals surface area contributed by atoms with Crippen LogP contribution in [-0.4, -0.2) is 18.0 Å². The minimum Gasteiger partial charge on any atom is -0.299 e. The van der Waals surface area contributed by atoms with Crippen molar-refractivity contribution in [3.05, 3.63) is 35.4 Å². The normalized spacial score (nSPS) is 16.1. The summed E-state index contributed by atoms with van der Waals surface area (Å²) in [6, 6.07) is 11.1. The number of nitriles is 1. The van der Waals surface area contributed by atoms with Crippen LogP contribution in [-0.2, 0) is 13.0 Å². The number of rotatable bonds is 4. The topological polar surface area (TPSA) is 27.0 Å². The molecular weight excluding hydrogens is 220 g/mol. The molecule has 0 N–H and O–H groups in total. The van der Waals surface area contributed by atoms with E-state index in [1.165, 1.54) is 11.1 Å². The zero-order valence-corrected chi connectivity index (χ0v) is 11.4. The summed E-state index contributed by atoms with van der Waals surface area (Å²) in [6.07, 6.45) is 3.27. The smallest absolute Gasteiger partial charge is 0.0683 e. The molecule has 0 amide bonds. The van der Waals surface area contributed by atoms with Crippen molar-refractivity contribution in [1.82, 2.24) is 4.90 Å². The maximum Gasteiger partial charge on any atom is 0.0683 e. The van der Waals surface area contributed by atoms with Crippen molar-refractivity contribution >= 4 is 0 Å². The number of hydrogen-bond acceptors (Lipinski definition) is 2. The van der Waals surface area contributed by atoms with Gasteiger partial charge in [-0.3, -0.25) is 4.90 Å². The van der Waals surface area contributed by atoms with Gasteiger partial charge in [0.15, 0.2) is 0 Å². The summed E-state index contributed by atoms with van der Waals surface area (Å²) in [6.45, 7) is 7.39. The first-order valence-electron chi connectivity index (χ1n) is 6.81. The van der Waals surface area contributed by atoms with Gasteiger partial charge in [-0.25, -0.2) is 0 Å². The Kier molecular flexibility index (Phi) is 4.04. The van der Waals surface area contributed by atoms with Crippen molar-refractivity contribution in [1.29, 1.82) is 5.26 Å². The van der Waals surface area contributed by atoms with Crippen LogP contribution >= 0.6 is 0 Å². The summed E-state index contributed by atoms with van der Waals surface area (Å²) in [5, 5.41) is 9.00. The lowest BCUT2D eigenvalue weighted by Crippen LogP contribution is -2.31. The Morgan fingerprint density at radius 2 is 2.00 bits per heavy atom. The fourth-order valence-electron chi connectivity index (χ4n) is 2.55. The van der Waals surface area contributed by atoms with E-state index in [2.05, 4.69) is 35.2 Å². The van der Waals surface area contributed by atoms with Crippen LogP contribution in [0.15, 0.2) is 24.3 Å². The number of benzene rings is 1. The number of fused-ring (bicyclic) bond motifs is 1. The Balaban J connectivity index is 1.82. The second kappa shape index (κ2) is 5.54. The standard InChI is InChI=1S/C16H22N2/c1-16(2,13-17)9-5-10-18-11-8-14-6-3-4-7-15(14)12-18/h3-4,6-7H,5,8-12H2,1-2H3. The van der Waals surface area contributed by atoms with Gasteiger partial charge < -0.3 is 0 Å². The van der Waals surface area contributed by atoms with Gasteiger partial charge in [0.2, 0.25) is 0 Å². The van der Waals surface area contributed by atoms with Crippen LogP contribution < -0.4 is 0 Å². The molecule has 1 aliphatic heterocycles. The lowest BCUT2D eigenvalue weighted by Gasteiger charge is -2.29. The average Bonchev–Trinajstić information content (AvgIpc) is 2.38. The molecule has 1 aliphatic rings. The van der Waals surface area contributed by atoms with Gasteiger partial charge in [0, 0.05) is 13.1 Å². The van der Waals surface area contributed by atoms with Crippen LogP contribution in [0.5, 0.6) is 0 Å². The summed E-state index contributed by atoms with van der Waals surface area (Å²) >= 11 is 0. The second-order valence-corrected chi connectivity index (χ2v) is 5.89. The fraction of sp³-hybridized carbons (Fsp3) is 0.562. The van der Waals surface area contributed by atoms with Crippen LogP contribution in [0, 0.1) is 16.7 Å². The molecule has 0 saturated heterocycles. The lowest BCUT2D eigenvalue weighted by molar-refractivity contribution is 0.238. The first-order valence-corrected chi connectivity index (χ1v) is 6.81. The molecule has 2 nitrogen and oxygen atoms in total. The third-order valence-corrected chi connectivity index (χ3v) is 3.79. The van der Waals surface area contributed by atoms with E-state index < -0.39 is 0 Å².